The lowest BCUT2D eigenvalue weighted by Crippen LogP contribution is -2.49. The Balaban J connectivity index is 1.82. The number of hydrogen-bond donors (Lipinski definition) is 1. The third kappa shape index (κ3) is 2.98. The number of piperidine rings is 1. The molecule has 0 radical (unpaired) electrons. The maximum atomic E-state index is 12.2. The Morgan fingerprint density at radius 3 is 2.44 bits per heavy atom. The van der Waals surface area contributed by atoms with Gasteiger partial charge in [0.1, 0.15) is 0 Å². The van der Waals surface area contributed by atoms with E-state index < -0.39 is 0 Å². The number of nitrogens with zero attached hydrogens (tertiary/aromatic N) is 2. The minimum Gasteiger partial charge on any atom is -0.349 e. The van der Waals surface area contributed by atoms with Crippen molar-refractivity contribution in [3.8, 4) is 0 Å². The second-order valence-electron chi connectivity index (χ2n) is 5.10. The molecule has 0 saturated carbocycles. The molecular formula is C12H21N3O2S. The van der Waals surface area contributed by atoms with Crippen molar-refractivity contribution in [2.24, 2.45) is 5.92 Å². The molecule has 2 fully saturated rings. The van der Waals surface area contributed by atoms with Gasteiger partial charge in [-0.05, 0) is 12.8 Å². The van der Waals surface area contributed by atoms with Gasteiger partial charge in [-0.2, -0.15) is 0 Å². The molecular weight excluding hydrogens is 250 g/mol. The van der Waals surface area contributed by atoms with Gasteiger partial charge in [0.25, 0.3) is 0 Å². The lowest BCUT2D eigenvalue weighted by atomic mass is 9.95. The standard InChI is InChI=1S/C12H21N3O2S/c1-14(2)11(16)9-3-5-15(6-4-9)12(17)10-7-18-8-13-10/h9-10,13H,3-8H2,1-2H3. The normalized spacial score (nSPS) is 25.2. The number of nitrogens with one attached hydrogen (secondary N) is 1. The Hall–Kier alpha value is -0.750. The molecule has 18 heavy (non-hydrogen) atoms. The minimum atomic E-state index is -0.0175. The van der Waals surface area contributed by atoms with Gasteiger partial charge in [-0.15, -0.1) is 11.8 Å². The predicted molar refractivity (Wildman–Crippen MR) is 72.2 cm³/mol. The van der Waals surface area contributed by atoms with Crippen LogP contribution in [0.1, 0.15) is 12.8 Å². The summed E-state index contributed by atoms with van der Waals surface area (Å²) >= 11 is 1.76. The third-order valence-corrected chi connectivity index (χ3v) is 4.55. The zero-order chi connectivity index (χ0) is 13.1. The molecule has 2 rings (SSSR count). The van der Waals surface area contributed by atoms with Gasteiger partial charge >= 0.3 is 0 Å². The first-order valence-electron chi connectivity index (χ1n) is 6.40. The van der Waals surface area contributed by atoms with Crippen molar-refractivity contribution in [2.75, 3.05) is 38.8 Å². The zero-order valence-corrected chi connectivity index (χ0v) is 11.8. The van der Waals surface area contributed by atoms with Gasteiger partial charge in [0.15, 0.2) is 0 Å². The number of thioether (sulfide) groups is 1. The van der Waals surface area contributed by atoms with Crippen LogP contribution in [0.5, 0.6) is 0 Å². The summed E-state index contributed by atoms with van der Waals surface area (Å²) < 4.78 is 0. The number of amides is 2. The summed E-state index contributed by atoms with van der Waals surface area (Å²) in [5, 5.41) is 3.20. The van der Waals surface area contributed by atoms with Crippen LogP contribution in [-0.4, -0.2) is 66.5 Å². The van der Waals surface area contributed by atoms with Crippen LogP contribution in [0, 0.1) is 5.92 Å². The summed E-state index contributed by atoms with van der Waals surface area (Å²) in [6, 6.07) is -0.0175. The van der Waals surface area contributed by atoms with Gasteiger partial charge in [0, 0.05) is 44.7 Å². The molecule has 1 atom stereocenters. The monoisotopic (exact) mass is 271 g/mol. The summed E-state index contributed by atoms with van der Waals surface area (Å²) in [7, 11) is 3.58. The maximum absolute atomic E-state index is 12.2. The van der Waals surface area contributed by atoms with Gasteiger partial charge in [-0.1, -0.05) is 0 Å². The van der Waals surface area contributed by atoms with Gasteiger partial charge in [0.2, 0.25) is 11.8 Å². The highest BCUT2D eigenvalue weighted by molar-refractivity contribution is 7.99. The van der Waals surface area contributed by atoms with Crippen LogP contribution in [0.4, 0.5) is 0 Å². The van der Waals surface area contributed by atoms with E-state index in [4.69, 9.17) is 0 Å². The van der Waals surface area contributed by atoms with E-state index in [1.165, 1.54) is 0 Å². The molecule has 2 heterocycles. The number of hydrogen-bond acceptors (Lipinski definition) is 4. The van der Waals surface area contributed by atoms with Crippen LogP contribution in [-0.2, 0) is 9.59 Å². The third-order valence-electron chi connectivity index (χ3n) is 3.61. The first-order chi connectivity index (χ1) is 8.59. The Labute approximate surface area is 112 Å². The predicted octanol–water partition coefficient (Wildman–Crippen LogP) is -0.0243. The Bertz CT molecular complexity index is 321. The molecule has 5 nitrogen and oxygen atoms in total. The lowest BCUT2D eigenvalue weighted by Gasteiger charge is -2.33. The summed E-state index contributed by atoms with van der Waals surface area (Å²) in [5.74, 6) is 2.23. The summed E-state index contributed by atoms with van der Waals surface area (Å²) in [6.07, 6.45) is 1.59. The van der Waals surface area contributed by atoms with E-state index in [2.05, 4.69) is 5.32 Å². The van der Waals surface area contributed by atoms with Crippen molar-refractivity contribution in [3.63, 3.8) is 0 Å². The zero-order valence-electron chi connectivity index (χ0n) is 11.0. The fraction of sp³-hybridized carbons (Fsp3) is 0.833. The summed E-state index contributed by atoms with van der Waals surface area (Å²) in [6.45, 7) is 1.43. The van der Waals surface area contributed by atoms with Crippen molar-refractivity contribution < 1.29 is 9.59 Å². The Kier molecular flexibility index (Phi) is 4.50. The van der Waals surface area contributed by atoms with Gasteiger partial charge in [-0.25, -0.2) is 0 Å². The second kappa shape index (κ2) is 5.93. The van der Waals surface area contributed by atoms with Crippen LogP contribution in [0.2, 0.25) is 0 Å². The van der Waals surface area contributed by atoms with E-state index in [9.17, 15) is 9.59 Å². The number of likely N-dealkylation sites (tertiary alicyclic amines) is 1. The molecule has 1 unspecified atom stereocenters. The van der Waals surface area contributed by atoms with Crippen LogP contribution in [0.25, 0.3) is 0 Å². The quantitative estimate of drug-likeness (QED) is 0.767. The highest BCUT2D eigenvalue weighted by Crippen LogP contribution is 2.21. The van der Waals surface area contributed by atoms with Crippen molar-refractivity contribution >= 4 is 23.6 Å². The SMILES string of the molecule is CN(C)C(=O)C1CCN(C(=O)C2CSCN2)CC1. The molecule has 2 saturated heterocycles. The maximum Gasteiger partial charge on any atom is 0.240 e. The molecule has 0 aromatic rings. The van der Waals surface area contributed by atoms with E-state index in [1.807, 2.05) is 4.90 Å². The van der Waals surface area contributed by atoms with E-state index >= 15 is 0 Å². The van der Waals surface area contributed by atoms with E-state index in [1.54, 1.807) is 30.8 Å². The Morgan fingerprint density at radius 2 is 1.94 bits per heavy atom. The lowest BCUT2D eigenvalue weighted by molar-refractivity contribution is -0.139. The fourth-order valence-corrected chi connectivity index (χ4v) is 3.42. The molecule has 0 aromatic carbocycles. The van der Waals surface area contributed by atoms with Crippen molar-refractivity contribution in [2.45, 2.75) is 18.9 Å². The highest BCUT2D eigenvalue weighted by Gasteiger charge is 2.32. The highest BCUT2D eigenvalue weighted by atomic mass is 32.2. The molecule has 2 aliphatic rings. The second-order valence-corrected chi connectivity index (χ2v) is 6.13. The fourth-order valence-electron chi connectivity index (χ4n) is 2.49. The largest absolute Gasteiger partial charge is 0.349 e. The number of rotatable bonds is 2. The number of carbonyl (C=O) groups is 2. The van der Waals surface area contributed by atoms with E-state index in [0.29, 0.717) is 13.1 Å². The average Bonchev–Trinajstić information content (AvgIpc) is 2.91. The van der Waals surface area contributed by atoms with Crippen LogP contribution in [0.3, 0.4) is 0 Å². The minimum absolute atomic E-state index is 0.0175. The Morgan fingerprint density at radius 1 is 1.28 bits per heavy atom. The van der Waals surface area contributed by atoms with Crippen LogP contribution < -0.4 is 5.32 Å². The molecule has 2 aliphatic heterocycles. The van der Waals surface area contributed by atoms with Crippen LogP contribution in [0.15, 0.2) is 0 Å². The molecule has 6 heteroatoms. The van der Waals surface area contributed by atoms with Gasteiger partial charge in [-0.3, -0.25) is 14.9 Å². The molecule has 1 N–H and O–H groups in total. The molecule has 0 spiro atoms. The van der Waals surface area contributed by atoms with Crippen LogP contribution >= 0.6 is 11.8 Å². The van der Waals surface area contributed by atoms with Gasteiger partial charge in [0.05, 0.1) is 6.04 Å². The topological polar surface area (TPSA) is 52.7 Å². The first-order valence-corrected chi connectivity index (χ1v) is 7.56. The molecule has 2 amide bonds. The number of carbonyl (C=O) groups excluding carboxylic acids is 2. The molecule has 0 aromatic heterocycles. The van der Waals surface area contributed by atoms with Crippen molar-refractivity contribution in [3.05, 3.63) is 0 Å². The van der Waals surface area contributed by atoms with Crippen molar-refractivity contribution in [1.29, 1.82) is 0 Å². The van der Waals surface area contributed by atoms with E-state index in [0.717, 1.165) is 24.5 Å². The molecule has 0 bridgehead atoms. The van der Waals surface area contributed by atoms with Crippen molar-refractivity contribution in [1.82, 2.24) is 15.1 Å². The smallest absolute Gasteiger partial charge is 0.240 e. The summed E-state index contributed by atoms with van der Waals surface area (Å²) in [5.41, 5.74) is 0. The van der Waals surface area contributed by atoms with E-state index in [-0.39, 0.29) is 23.8 Å². The van der Waals surface area contributed by atoms with Gasteiger partial charge < -0.3 is 9.80 Å². The molecule has 0 aliphatic carbocycles. The molecule has 102 valence electrons. The first kappa shape index (κ1) is 13.7. The summed E-state index contributed by atoms with van der Waals surface area (Å²) in [4.78, 5) is 27.6. The average molecular weight is 271 g/mol.